The highest BCUT2D eigenvalue weighted by Crippen LogP contribution is 2.33. The van der Waals surface area contributed by atoms with Crippen LogP contribution in [-0.4, -0.2) is 35.5 Å². The molecule has 1 fully saturated rings. The average molecular weight is 255 g/mol. The minimum absolute atomic E-state index is 0.257. The van der Waals surface area contributed by atoms with Gasteiger partial charge in [-0.3, -0.25) is 4.79 Å². The maximum absolute atomic E-state index is 11.9. The molecule has 1 aliphatic rings. The second-order valence-corrected chi connectivity index (χ2v) is 6.30. The van der Waals surface area contributed by atoms with E-state index in [0.717, 1.165) is 12.8 Å². The third kappa shape index (κ3) is 3.72. The Morgan fingerprint density at radius 3 is 2.11 bits per heavy atom. The number of hydrogen-bond donors (Lipinski definition) is 0. The Labute approximate surface area is 110 Å². The van der Waals surface area contributed by atoms with Crippen molar-refractivity contribution in [2.24, 2.45) is 5.41 Å². The topological polar surface area (TPSA) is 46.6 Å². The van der Waals surface area contributed by atoms with Gasteiger partial charge in [-0.2, -0.15) is 0 Å². The molecule has 0 unspecified atom stereocenters. The van der Waals surface area contributed by atoms with Crippen molar-refractivity contribution < 1.29 is 14.3 Å². The van der Waals surface area contributed by atoms with Crippen LogP contribution in [0.15, 0.2) is 0 Å². The SMILES string of the molecule is CCC(=O)C1(C)CCN(C(=O)OC(C)(C)C)CC1. The molecular weight excluding hydrogens is 230 g/mol. The van der Waals surface area contributed by atoms with E-state index in [-0.39, 0.29) is 11.5 Å². The van der Waals surface area contributed by atoms with E-state index in [1.165, 1.54) is 0 Å². The molecule has 0 atom stereocenters. The molecule has 0 aromatic rings. The van der Waals surface area contributed by atoms with E-state index < -0.39 is 5.60 Å². The lowest BCUT2D eigenvalue weighted by atomic mass is 9.76. The van der Waals surface area contributed by atoms with Crippen LogP contribution in [0.3, 0.4) is 0 Å². The van der Waals surface area contributed by atoms with Gasteiger partial charge in [-0.05, 0) is 33.6 Å². The van der Waals surface area contributed by atoms with Gasteiger partial charge in [0.25, 0.3) is 0 Å². The van der Waals surface area contributed by atoms with Crippen LogP contribution in [0.2, 0.25) is 0 Å². The molecule has 0 aromatic heterocycles. The fourth-order valence-electron chi connectivity index (χ4n) is 2.21. The second kappa shape index (κ2) is 5.29. The highest BCUT2D eigenvalue weighted by atomic mass is 16.6. The summed E-state index contributed by atoms with van der Waals surface area (Å²) in [7, 11) is 0. The fourth-order valence-corrected chi connectivity index (χ4v) is 2.21. The standard InChI is InChI=1S/C14H25NO3/c1-6-11(16)14(5)7-9-15(10-8-14)12(17)18-13(2,3)4/h6-10H2,1-5H3. The van der Waals surface area contributed by atoms with Gasteiger partial charge in [-0.1, -0.05) is 13.8 Å². The highest BCUT2D eigenvalue weighted by Gasteiger charge is 2.37. The average Bonchev–Trinajstić information content (AvgIpc) is 2.26. The molecule has 0 bridgehead atoms. The molecule has 1 aliphatic heterocycles. The van der Waals surface area contributed by atoms with E-state index in [1.54, 1.807) is 4.90 Å². The Morgan fingerprint density at radius 2 is 1.72 bits per heavy atom. The molecule has 0 saturated carbocycles. The van der Waals surface area contributed by atoms with Gasteiger partial charge in [0, 0.05) is 24.9 Å². The fraction of sp³-hybridized carbons (Fsp3) is 0.857. The minimum Gasteiger partial charge on any atom is -0.444 e. The zero-order valence-corrected chi connectivity index (χ0v) is 12.2. The van der Waals surface area contributed by atoms with Crippen molar-refractivity contribution in [2.45, 2.75) is 59.5 Å². The maximum atomic E-state index is 11.9. The van der Waals surface area contributed by atoms with Gasteiger partial charge in [0.15, 0.2) is 0 Å². The number of likely N-dealkylation sites (tertiary alicyclic amines) is 1. The van der Waals surface area contributed by atoms with Crippen molar-refractivity contribution in [1.82, 2.24) is 4.90 Å². The Balaban J connectivity index is 2.54. The molecule has 18 heavy (non-hydrogen) atoms. The number of carbonyl (C=O) groups excluding carboxylic acids is 2. The molecule has 0 aromatic carbocycles. The van der Waals surface area contributed by atoms with Gasteiger partial charge in [-0.25, -0.2) is 4.79 Å². The first-order chi connectivity index (χ1) is 8.18. The smallest absolute Gasteiger partial charge is 0.410 e. The summed E-state index contributed by atoms with van der Waals surface area (Å²) < 4.78 is 5.33. The summed E-state index contributed by atoms with van der Waals surface area (Å²) in [5.74, 6) is 0.298. The number of piperidine rings is 1. The van der Waals surface area contributed by atoms with Crippen molar-refractivity contribution in [3.63, 3.8) is 0 Å². The lowest BCUT2D eigenvalue weighted by molar-refractivity contribution is -0.130. The number of hydrogen-bond acceptors (Lipinski definition) is 3. The number of ketones is 1. The number of nitrogens with zero attached hydrogens (tertiary/aromatic N) is 1. The van der Waals surface area contributed by atoms with Gasteiger partial charge in [0.2, 0.25) is 0 Å². The lowest BCUT2D eigenvalue weighted by Crippen LogP contribution is -2.46. The van der Waals surface area contributed by atoms with E-state index >= 15 is 0 Å². The van der Waals surface area contributed by atoms with Crippen LogP contribution in [0, 0.1) is 5.41 Å². The Kier molecular flexibility index (Phi) is 4.41. The third-order valence-electron chi connectivity index (χ3n) is 3.51. The Bertz CT molecular complexity index is 322. The molecular formula is C14H25NO3. The normalized spacial score (nSPS) is 19.5. The molecule has 0 aliphatic carbocycles. The van der Waals surface area contributed by atoms with E-state index in [0.29, 0.717) is 25.3 Å². The Hall–Kier alpha value is -1.06. The van der Waals surface area contributed by atoms with Crippen molar-refractivity contribution in [1.29, 1.82) is 0 Å². The molecule has 1 amide bonds. The van der Waals surface area contributed by atoms with Crippen molar-refractivity contribution >= 4 is 11.9 Å². The van der Waals surface area contributed by atoms with Gasteiger partial charge in [-0.15, -0.1) is 0 Å². The lowest BCUT2D eigenvalue weighted by Gasteiger charge is -2.38. The van der Waals surface area contributed by atoms with Crippen molar-refractivity contribution in [3.8, 4) is 0 Å². The molecule has 4 heteroatoms. The number of amides is 1. The monoisotopic (exact) mass is 255 g/mol. The summed E-state index contributed by atoms with van der Waals surface area (Å²) in [6.45, 7) is 10.7. The molecule has 0 radical (unpaired) electrons. The largest absolute Gasteiger partial charge is 0.444 e. The number of ether oxygens (including phenoxy) is 1. The van der Waals surface area contributed by atoms with E-state index in [4.69, 9.17) is 4.74 Å². The summed E-state index contributed by atoms with van der Waals surface area (Å²) in [6.07, 6.45) is 1.77. The summed E-state index contributed by atoms with van der Waals surface area (Å²) in [5.41, 5.74) is -0.718. The predicted molar refractivity (Wildman–Crippen MR) is 70.4 cm³/mol. The molecule has 0 N–H and O–H groups in total. The molecule has 1 heterocycles. The van der Waals surface area contributed by atoms with E-state index in [1.807, 2.05) is 34.6 Å². The predicted octanol–water partition coefficient (Wildman–Crippen LogP) is 3.00. The quantitative estimate of drug-likeness (QED) is 0.762. The highest BCUT2D eigenvalue weighted by molar-refractivity contribution is 5.84. The van der Waals surface area contributed by atoms with Crippen LogP contribution in [-0.2, 0) is 9.53 Å². The number of Topliss-reactive ketones (excluding diaryl/α,β-unsaturated/α-hetero) is 1. The first kappa shape index (κ1) is 15.0. The Morgan fingerprint density at radius 1 is 1.22 bits per heavy atom. The van der Waals surface area contributed by atoms with Gasteiger partial charge < -0.3 is 9.64 Å². The molecule has 4 nitrogen and oxygen atoms in total. The molecule has 104 valence electrons. The zero-order chi connectivity index (χ0) is 14.0. The van der Waals surface area contributed by atoms with Crippen LogP contribution in [0.5, 0.6) is 0 Å². The molecule has 1 rings (SSSR count). The first-order valence-corrected chi connectivity index (χ1v) is 6.69. The maximum Gasteiger partial charge on any atom is 0.410 e. The summed E-state index contributed by atoms with van der Waals surface area (Å²) in [4.78, 5) is 25.4. The van der Waals surface area contributed by atoms with Crippen molar-refractivity contribution in [2.75, 3.05) is 13.1 Å². The summed E-state index contributed by atoms with van der Waals surface area (Å²) in [5, 5.41) is 0. The van der Waals surface area contributed by atoms with Crippen LogP contribution < -0.4 is 0 Å². The minimum atomic E-state index is -0.461. The van der Waals surface area contributed by atoms with E-state index in [9.17, 15) is 9.59 Å². The van der Waals surface area contributed by atoms with Gasteiger partial charge >= 0.3 is 6.09 Å². The van der Waals surface area contributed by atoms with Crippen LogP contribution >= 0.6 is 0 Å². The molecule has 0 spiro atoms. The number of rotatable bonds is 2. The van der Waals surface area contributed by atoms with Crippen molar-refractivity contribution in [3.05, 3.63) is 0 Å². The van der Waals surface area contributed by atoms with Crippen LogP contribution in [0.25, 0.3) is 0 Å². The van der Waals surface area contributed by atoms with Crippen LogP contribution in [0.1, 0.15) is 53.9 Å². The summed E-state index contributed by atoms with van der Waals surface area (Å²) in [6, 6.07) is 0. The first-order valence-electron chi connectivity index (χ1n) is 6.69. The zero-order valence-electron chi connectivity index (χ0n) is 12.2. The number of carbonyl (C=O) groups is 2. The van der Waals surface area contributed by atoms with Gasteiger partial charge in [0.1, 0.15) is 11.4 Å². The third-order valence-corrected chi connectivity index (χ3v) is 3.51. The second-order valence-electron chi connectivity index (χ2n) is 6.30. The van der Waals surface area contributed by atoms with Gasteiger partial charge in [0.05, 0.1) is 0 Å². The van der Waals surface area contributed by atoms with Crippen LogP contribution in [0.4, 0.5) is 4.79 Å². The van der Waals surface area contributed by atoms with E-state index in [2.05, 4.69) is 0 Å². The molecule has 1 saturated heterocycles. The summed E-state index contributed by atoms with van der Waals surface area (Å²) >= 11 is 0.